The Morgan fingerprint density at radius 2 is 2.25 bits per heavy atom. The summed E-state index contributed by atoms with van der Waals surface area (Å²) in [4.78, 5) is 23.7. The molecule has 0 aromatic heterocycles. The molecule has 0 spiro atoms. The molecule has 0 bridgehead atoms. The molecule has 1 N–H and O–H groups in total. The highest BCUT2D eigenvalue weighted by atomic mass is 79.9. The highest BCUT2D eigenvalue weighted by Crippen LogP contribution is 2.29. The monoisotopic (exact) mass is 342 g/mol. The van der Waals surface area contributed by atoms with Gasteiger partial charge in [-0.15, -0.1) is 0 Å². The van der Waals surface area contributed by atoms with Crippen LogP contribution in [0.25, 0.3) is 0 Å². The van der Waals surface area contributed by atoms with Gasteiger partial charge in [-0.1, -0.05) is 22.9 Å². The van der Waals surface area contributed by atoms with Crippen molar-refractivity contribution in [3.8, 4) is 0 Å². The third kappa shape index (κ3) is 3.16. The fourth-order valence-corrected chi connectivity index (χ4v) is 2.95. The predicted molar refractivity (Wildman–Crippen MR) is 76.4 cm³/mol. The first-order valence-corrected chi connectivity index (χ1v) is 7.05. The molecule has 0 aliphatic carbocycles. The van der Waals surface area contributed by atoms with Crippen molar-refractivity contribution in [1.29, 1.82) is 0 Å². The van der Waals surface area contributed by atoms with Gasteiger partial charge in [0.1, 0.15) is 0 Å². The fraction of sp³-hybridized carbons (Fsp3) is 0.462. The van der Waals surface area contributed by atoms with Crippen LogP contribution in [0.15, 0.2) is 22.7 Å². The number of halogens is 1. The van der Waals surface area contributed by atoms with Crippen LogP contribution in [0.3, 0.4) is 0 Å². The van der Waals surface area contributed by atoms with Crippen LogP contribution in [0.2, 0.25) is 0 Å². The molecule has 2 atom stereocenters. The summed E-state index contributed by atoms with van der Waals surface area (Å²) in [5.74, 6) is -1.14. The zero-order valence-corrected chi connectivity index (χ0v) is 12.5. The molecule has 7 heteroatoms. The van der Waals surface area contributed by atoms with Crippen LogP contribution in [-0.4, -0.2) is 34.0 Å². The van der Waals surface area contributed by atoms with Crippen molar-refractivity contribution in [1.82, 2.24) is 4.90 Å². The molecule has 2 rings (SSSR count). The van der Waals surface area contributed by atoms with Crippen molar-refractivity contribution in [2.75, 3.05) is 13.1 Å². The topological polar surface area (TPSA) is 83.7 Å². The Bertz CT molecular complexity index is 549. The summed E-state index contributed by atoms with van der Waals surface area (Å²) in [6, 6.07) is 4.95. The summed E-state index contributed by atoms with van der Waals surface area (Å²) in [6.07, 6.45) is 0. The van der Waals surface area contributed by atoms with Gasteiger partial charge in [0.2, 0.25) is 0 Å². The number of aliphatic carboxylic acids is 1. The van der Waals surface area contributed by atoms with Gasteiger partial charge in [-0.3, -0.25) is 19.8 Å². The van der Waals surface area contributed by atoms with Crippen molar-refractivity contribution >= 4 is 27.6 Å². The van der Waals surface area contributed by atoms with Gasteiger partial charge in [0, 0.05) is 35.7 Å². The van der Waals surface area contributed by atoms with E-state index in [1.165, 1.54) is 6.07 Å². The molecule has 1 aliphatic heterocycles. The molecule has 0 radical (unpaired) electrons. The van der Waals surface area contributed by atoms with Crippen LogP contribution in [0.4, 0.5) is 5.69 Å². The van der Waals surface area contributed by atoms with E-state index in [-0.39, 0.29) is 11.6 Å². The number of carbonyl (C=O) groups is 1. The lowest BCUT2D eigenvalue weighted by Gasteiger charge is -2.15. The SMILES string of the molecule is CC1CN(Cc2ccc(Br)cc2[N+](=O)[O-])CC1C(=O)O. The molecule has 1 aromatic carbocycles. The molecule has 1 aliphatic rings. The van der Waals surface area contributed by atoms with E-state index in [1.54, 1.807) is 12.1 Å². The van der Waals surface area contributed by atoms with Gasteiger partial charge < -0.3 is 5.11 Å². The van der Waals surface area contributed by atoms with Gasteiger partial charge in [-0.2, -0.15) is 0 Å². The molecular formula is C13H15BrN2O4. The summed E-state index contributed by atoms with van der Waals surface area (Å²) in [7, 11) is 0. The largest absolute Gasteiger partial charge is 0.481 e. The van der Waals surface area contributed by atoms with Crippen LogP contribution >= 0.6 is 15.9 Å². The van der Waals surface area contributed by atoms with Crippen LogP contribution in [-0.2, 0) is 11.3 Å². The highest BCUT2D eigenvalue weighted by molar-refractivity contribution is 9.10. The van der Waals surface area contributed by atoms with Crippen LogP contribution in [0, 0.1) is 22.0 Å². The normalized spacial score (nSPS) is 22.9. The van der Waals surface area contributed by atoms with Gasteiger partial charge in [0.25, 0.3) is 5.69 Å². The Morgan fingerprint density at radius 3 is 2.80 bits per heavy atom. The number of likely N-dealkylation sites (tertiary alicyclic amines) is 1. The first-order chi connectivity index (χ1) is 9.38. The quantitative estimate of drug-likeness (QED) is 0.671. The number of nitro groups is 1. The van der Waals surface area contributed by atoms with Crippen molar-refractivity contribution in [2.45, 2.75) is 13.5 Å². The van der Waals surface area contributed by atoms with Gasteiger partial charge in [-0.05, 0) is 18.1 Å². The first-order valence-electron chi connectivity index (χ1n) is 6.26. The molecular weight excluding hydrogens is 328 g/mol. The zero-order valence-electron chi connectivity index (χ0n) is 11.0. The summed E-state index contributed by atoms with van der Waals surface area (Å²) < 4.78 is 0.658. The van der Waals surface area contributed by atoms with Crippen molar-refractivity contribution in [3.63, 3.8) is 0 Å². The van der Waals surface area contributed by atoms with E-state index in [0.717, 1.165) is 0 Å². The Balaban J connectivity index is 2.15. The average molecular weight is 343 g/mol. The van der Waals surface area contributed by atoms with E-state index in [2.05, 4.69) is 15.9 Å². The van der Waals surface area contributed by atoms with Crippen LogP contribution < -0.4 is 0 Å². The van der Waals surface area contributed by atoms with Gasteiger partial charge in [0.15, 0.2) is 0 Å². The number of carboxylic acids is 1. The number of nitro benzene ring substituents is 1. The molecule has 6 nitrogen and oxygen atoms in total. The highest BCUT2D eigenvalue weighted by Gasteiger charge is 2.35. The van der Waals surface area contributed by atoms with Gasteiger partial charge in [0.05, 0.1) is 10.8 Å². The first kappa shape index (κ1) is 14.9. The van der Waals surface area contributed by atoms with Crippen molar-refractivity contribution in [2.24, 2.45) is 11.8 Å². The zero-order chi connectivity index (χ0) is 14.9. The molecule has 108 valence electrons. The lowest BCUT2D eigenvalue weighted by Crippen LogP contribution is -2.23. The maximum Gasteiger partial charge on any atom is 0.308 e. The number of carboxylic acid groups (broad SMARTS) is 1. The maximum atomic E-state index is 11.1. The molecule has 2 unspecified atom stereocenters. The summed E-state index contributed by atoms with van der Waals surface area (Å²) in [6.45, 7) is 3.38. The second-order valence-corrected chi connectivity index (χ2v) is 6.06. The number of rotatable bonds is 4. The Labute approximate surface area is 124 Å². The second kappa shape index (κ2) is 5.88. The van der Waals surface area contributed by atoms with Gasteiger partial charge in [-0.25, -0.2) is 0 Å². The molecule has 1 aromatic rings. The smallest absolute Gasteiger partial charge is 0.308 e. The summed E-state index contributed by atoms with van der Waals surface area (Å²) >= 11 is 3.22. The summed E-state index contributed by atoms with van der Waals surface area (Å²) in [5.41, 5.74) is 0.669. The van der Waals surface area contributed by atoms with Crippen LogP contribution in [0.5, 0.6) is 0 Å². The Kier molecular flexibility index (Phi) is 4.39. The van der Waals surface area contributed by atoms with E-state index < -0.39 is 16.8 Å². The average Bonchev–Trinajstić information content (AvgIpc) is 2.72. The minimum absolute atomic E-state index is 0.0574. The van der Waals surface area contributed by atoms with Crippen molar-refractivity contribution in [3.05, 3.63) is 38.3 Å². The Morgan fingerprint density at radius 1 is 1.55 bits per heavy atom. The molecule has 20 heavy (non-hydrogen) atoms. The Hall–Kier alpha value is -1.47. The van der Waals surface area contributed by atoms with Gasteiger partial charge >= 0.3 is 5.97 Å². The minimum Gasteiger partial charge on any atom is -0.481 e. The summed E-state index contributed by atoms with van der Waals surface area (Å²) in [5, 5.41) is 20.2. The maximum absolute atomic E-state index is 11.1. The molecule has 1 heterocycles. The van der Waals surface area contributed by atoms with E-state index in [4.69, 9.17) is 5.11 Å². The number of nitrogens with zero attached hydrogens (tertiary/aromatic N) is 2. The van der Waals surface area contributed by atoms with Crippen molar-refractivity contribution < 1.29 is 14.8 Å². The second-order valence-electron chi connectivity index (χ2n) is 5.15. The molecule has 0 amide bonds. The predicted octanol–water partition coefficient (Wildman–Crippen LogP) is 2.51. The molecule has 1 fully saturated rings. The lowest BCUT2D eigenvalue weighted by atomic mass is 9.99. The minimum atomic E-state index is -0.801. The number of hydrogen-bond acceptors (Lipinski definition) is 4. The molecule has 0 saturated carbocycles. The molecule has 1 saturated heterocycles. The van der Waals surface area contributed by atoms with Crippen LogP contribution in [0.1, 0.15) is 12.5 Å². The standard InChI is InChI=1S/C13H15BrN2O4/c1-8-5-15(7-11(8)13(17)18)6-9-2-3-10(14)4-12(9)16(19)20/h2-4,8,11H,5-7H2,1H3,(H,17,18). The van der Waals surface area contributed by atoms with E-state index in [1.807, 2.05) is 11.8 Å². The third-order valence-electron chi connectivity index (χ3n) is 3.64. The lowest BCUT2D eigenvalue weighted by molar-refractivity contribution is -0.385. The van der Waals surface area contributed by atoms with E-state index >= 15 is 0 Å². The fourth-order valence-electron chi connectivity index (χ4n) is 2.60. The number of hydrogen-bond donors (Lipinski definition) is 1. The van der Waals surface area contributed by atoms with E-state index in [9.17, 15) is 14.9 Å². The van der Waals surface area contributed by atoms with E-state index in [0.29, 0.717) is 29.7 Å². The number of benzene rings is 1. The third-order valence-corrected chi connectivity index (χ3v) is 4.14.